The lowest BCUT2D eigenvalue weighted by Crippen LogP contribution is -2.18. The van der Waals surface area contributed by atoms with E-state index in [9.17, 15) is 0 Å². The van der Waals surface area contributed by atoms with Gasteiger partial charge in [-0.1, -0.05) is 21.1 Å². The first-order valence-electron chi connectivity index (χ1n) is 5.57. The lowest BCUT2D eigenvalue weighted by molar-refractivity contribution is 0.283. The predicted octanol–water partition coefficient (Wildman–Crippen LogP) is 2.30. The van der Waals surface area contributed by atoms with Crippen LogP contribution in [0.15, 0.2) is 33.6 Å². The molecule has 18 heavy (non-hydrogen) atoms. The van der Waals surface area contributed by atoms with Crippen LogP contribution >= 0.6 is 15.9 Å². The van der Waals surface area contributed by atoms with Crippen molar-refractivity contribution in [3.63, 3.8) is 0 Å². The number of nitrogens with two attached hydrogens (primary N) is 1. The molecule has 1 aromatic carbocycles. The Kier molecular flexibility index (Phi) is 4.33. The molecule has 6 heteroatoms. The topological polar surface area (TPSA) is 74.2 Å². The van der Waals surface area contributed by atoms with Crippen LogP contribution in [-0.2, 0) is 13.0 Å². The molecular weight excluding hydrogens is 298 g/mol. The molecule has 0 bridgehead atoms. The van der Waals surface area contributed by atoms with Gasteiger partial charge in [0, 0.05) is 10.5 Å². The minimum atomic E-state index is 0.0758. The number of ether oxygens (including phenoxy) is 1. The smallest absolute Gasteiger partial charge is 0.213 e. The molecular formula is C12H14BrN3O2. The third-order valence-electron chi connectivity index (χ3n) is 2.33. The fraction of sp³-hybridized carbons (Fsp3) is 0.333. The summed E-state index contributed by atoms with van der Waals surface area (Å²) < 4.78 is 11.3. The Morgan fingerprint density at radius 3 is 3.00 bits per heavy atom. The van der Waals surface area contributed by atoms with Gasteiger partial charge < -0.3 is 15.0 Å². The number of rotatable bonds is 5. The number of hydrogen-bond acceptors (Lipinski definition) is 5. The predicted molar refractivity (Wildman–Crippen MR) is 70.1 cm³/mol. The van der Waals surface area contributed by atoms with E-state index in [1.165, 1.54) is 6.39 Å². The van der Waals surface area contributed by atoms with Crippen molar-refractivity contribution < 1.29 is 9.26 Å². The normalized spacial score (nSPS) is 12.4. The fourth-order valence-electron chi connectivity index (χ4n) is 1.59. The Balaban J connectivity index is 2.10. The monoisotopic (exact) mass is 311 g/mol. The number of benzene rings is 1. The molecule has 1 atom stereocenters. The van der Waals surface area contributed by atoms with E-state index >= 15 is 0 Å². The zero-order valence-electron chi connectivity index (χ0n) is 9.97. The highest BCUT2D eigenvalue weighted by molar-refractivity contribution is 9.10. The highest BCUT2D eigenvalue weighted by atomic mass is 79.9. The summed E-state index contributed by atoms with van der Waals surface area (Å²) in [7, 11) is 0. The fourth-order valence-corrected chi connectivity index (χ4v) is 2.00. The van der Waals surface area contributed by atoms with Gasteiger partial charge >= 0.3 is 0 Å². The highest BCUT2D eigenvalue weighted by Gasteiger charge is 2.08. The Labute approximate surface area is 113 Å². The summed E-state index contributed by atoms with van der Waals surface area (Å²) in [6.45, 7) is 2.24. The van der Waals surface area contributed by atoms with Gasteiger partial charge in [0.25, 0.3) is 0 Å². The van der Waals surface area contributed by atoms with Crippen LogP contribution in [0.1, 0.15) is 18.3 Å². The van der Waals surface area contributed by atoms with Crippen LogP contribution in [0.25, 0.3) is 0 Å². The van der Waals surface area contributed by atoms with E-state index in [0.29, 0.717) is 5.82 Å². The second-order valence-electron chi connectivity index (χ2n) is 4.07. The summed E-state index contributed by atoms with van der Waals surface area (Å²) >= 11 is 3.44. The van der Waals surface area contributed by atoms with Gasteiger partial charge in [-0.3, -0.25) is 0 Å². The molecule has 0 aliphatic heterocycles. The average Bonchev–Trinajstić information content (AvgIpc) is 2.80. The SMILES string of the molecule is CC(N)Cc1cc(Br)ccc1OCc1ncon1. The highest BCUT2D eigenvalue weighted by Crippen LogP contribution is 2.24. The third kappa shape index (κ3) is 3.54. The minimum Gasteiger partial charge on any atom is -0.485 e. The van der Waals surface area contributed by atoms with Crippen molar-refractivity contribution in [2.24, 2.45) is 5.73 Å². The minimum absolute atomic E-state index is 0.0758. The molecule has 2 N–H and O–H groups in total. The number of halogens is 1. The molecule has 0 radical (unpaired) electrons. The van der Waals surface area contributed by atoms with Crippen LogP contribution < -0.4 is 10.5 Å². The van der Waals surface area contributed by atoms with Gasteiger partial charge in [-0.25, -0.2) is 0 Å². The molecule has 96 valence electrons. The van der Waals surface area contributed by atoms with Crippen molar-refractivity contribution in [1.82, 2.24) is 10.1 Å². The number of aromatic nitrogens is 2. The van der Waals surface area contributed by atoms with Crippen LogP contribution in [0.5, 0.6) is 5.75 Å². The largest absolute Gasteiger partial charge is 0.485 e. The van der Waals surface area contributed by atoms with E-state index in [-0.39, 0.29) is 12.6 Å². The van der Waals surface area contributed by atoms with Crippen LogP contribution in [0.4, 0.5) is 0 Å². The van der Waals surface area contributed by atoms with E-state index < -0.39 is 0 Å². The summed E-state index contributed by atoms with van der Waals surface area (Å²) in [5, 5.41) is 3.69. The van der Waals surface area contributed by atoms with Crippen LogP contribution in [0.2, 0.25) is 0 Å². The van der Waals surface area contributed by atoms with Crippen molar-refractivity contribution in [2.75, 3.05) is 0 Å². The zero-order valence-corrected chi connectivity index (χ0v) is 11.6. The zero-order chi connectivity index (χ0) is 13.0. The van der Waals surface area contributed by atoms with E-state index in [1.807, 2.05) is 25.1 Å². The number of hydrogen-bond donors (Lipinski definition) is 1. The van der Waals surface area contributed by atoms with Crippen molar-refractivity contribution in [3.05, 3.63) is 40.5 Å². The molecule has 1 heterocycles. The van der Waals surface area contributed by atoms with Crippen molar-refractivity contribution in [1.29, 1.82) is 0 Å². The standard InChI is InChI=1S/C12H14BrN3O2/c1-8(14)4-9-5-10(13)2-3-11(9)17-6-12-15-7-18-16-12/h2-3,5,7-8H,4,6,14H2,1H3. The summed E-state index contributed by atoms with van der Waals surface area (Å²) in [5.41, 5.74) is 6.88. The van der Waals surface area contributed by atoms with Gasteiger partial charge in [0.1, 0.15) is 5.75 Å². The molecule has 2 aromatic rings. The maximum Gasteiger partial charge on any atom is 0.213 e. The second kappa shape index (κ2) is 5.97. The molecule has 1 aromatic heterocycles. The van der Waals surface area contributed by atoms with Gasteiger partial charge in [0.05, 0.1) is 0 Å². The Morgan fingerprint density at radius 2 is 2.33 bits per heavy atom. The summed E-state index contributed by atoms with van der Waals surface area (Å²) in [4.78, 5) is 3.90. The van der Waals surface area contributed by atoms with Crippen LogP contribution in [-0.4, -0.2) is 16.2 Å². The maximum atomic E-state index is 5.82. The van der Waals surface area contributed by atoms with E-state index in [0.717, 1.165) is 22.2 Å². The summed E-state index contributed by atoms with van der Waals surface area (Å²) in [6.07, 6.45) is 2.03. The first-order valence-corrected chi connectivity index (χ1v) is 6.36. The van der Waals surface area contributed by atoms with Crippen molar-refractivity contribution in [3.8, 4) is 5.75 Å². The maximum absolute atomic E-state index is 5.82. The second-order valence-corrected chi connectivity index (χ2v) is 4.99. The molecule has 0 aliphatic rings. The lowest BCUT2D eigenvalue weighted by atomic mass is 10.1. The van der Waals surface area contributed by atoms with E-state index in [1.54, 1.807) is 0 Å². The third-order valence-corrected chi connectivity index (χ3v) is 2.82. The summed E-state index contributed by atoms with van der Waals surface area (Å²) in [6, 6.07) is 5.92. The molecule has 1 unspecified atom stereocenters. The number of nitrogens with zero attached hydrogens (tertiary/aromatic N) is 2. The molecule has 0 saturated carbocycles. The van der Waals surface area contributed by atoms with E-state index in [4.69, 9.17) is 10.5 Å². The first kappa shape index (κ1) is 13.0. The van der Waals surface area contributed by atoms with Gasteiger partial charge in [-0.05, 0) is 37.1 Å². The van der Waals surface area contributed by atoms with Gasteiger partial charge in [0.2, 0.25) is 12.2 Å². The lowest BCUT2D eigenvalue weighted by Gasteiger charge is -2.12. The molecule has 0 saturated heterocycles. The first-order chi connectivity index (χ1) is 8.65. The van der Waals surface area contributed by atoms with Crippen molar-refractivity contribution in [2.45, 2.75) is 26.0 Å². The van der Waals surface area contributed by atoms with Gasteiger partial charge in [0.15, 0.2) is 6.61 Å². The van der Waals surface area contributed by atoms with E-state index in [2.05, 4.69) is 30.6 Å². The molecule has 0 aliphatic carbocycles. The molecule has 0 spiro atoms. The quantitative estimate of drug-likeness (QED) is 0.917. The molecule has 2 rings (SSSR count). The van der Waals surface area contributed by atoms with Crippen LogP contribution in [0, 0.1) is 0 Å². The van der Waals surface area contributed by atoms with Gasteiger partial charge in [-0.15, -0.1) is 0 Å². The Hall–Kier alpha value is -1.40. The molecule has 5 nitrogen and oxygen atoms in total. The molecule has 0 fully saturated rings. The van der Waals surface area contributed by atoms with Crippen LogP contribution in [0.3, 0.4) is 0 Å². The van der Waals surface area contributed by atoms with Gasteiger partial charge in [-0.2, -0.15) is 4.98 Å². The molecule has 0 amide bonds. The average molecular weight is 312 g/mol. The van der Waals surface area contributed by atoms with Crippen molar-refractivity contribution >= 4 is 15.9 Å². The Morgan fingerprint density at radius 1 is 1.50 bits per heavy atom. The summed E-state index contributed by atoms with van der Waals surface area (Å²) in [5.74, 6) is 1.31. The Bertz CT molecular complexity index is 500.